The number of likely N-dealkylation sites (N-methyl/N-ethyl adjacent to an activating group) is 1. The largest absolute Gasteiger partial charge is 0.401 e. The summed E-state index contributed by atoms with van der Waals surface area (Å²) in [4.78, 5) is 1.32. The topological polar surface area (TPSA) is 29.3 Å². The Bertz CT molecular complexity index is 167. The smallest absolute Gasteiger partial charge is 0.329 e. The Hall–Kier alpha value is -0.290. The Morgan fingerprint density at radius 1 is 1.20 bits per heavy atom. The zero-order valence-electron chi connectivity index (χ0n) is 9.64. The van der Waals surface area contributed by atoms with E-state index < -0.39 is 12.7 Å². The number of hydrogen-bond acceptors (Lipinski definition) is 2. The maximum atomic E-state index is 12.2. The molecule has 0 amide bonds. The normalized spacial score (nSPS) is 15.0. The van der Waals surface area contributed by atoms with Gasteiger partial charge in [-0.3, -0.25) is 4.90 Å². The highest BCUT2D eigenvalue weighted by molar-refractivity contribution is 4.78. The minimum absolute atomic E-state index is 0.179. The Morgan fingerprint density at radius 3 is 1.93 bits per heavy atom. The second-order valence-electron chi connectivity index (χ2n) is 3.91. The molecular weight excluding hydrogens is 205 g/mol. The van der Waals surface area contributed by atoms with Gasteiger partial charge in [0.1, 0.15) is 0 Å². The van der Waals surface area contributed by atoms with E-state index in [-0.39, 0.29) is 18.5 Å². The number of rotatable bonds is 6. The summed E-state index contributed by atoms with van der Waals surface area (Å²) in [7, 11) is 1.49. The second-order valence-corrected chi connectivity index (χ2v) is 3.91. The van der Waals surface area contributed by atoms with Gasteiger partial charge >= 0.3 is 6.18 Å². The molecule has 0 aromatic carbocycles. The lowest BCUT2D eigenvalue weighted by Gasteiger charge is -2.33. The van der Waals surface area contributed by atoms with Crippen LogP contribution in [0.2, 0.25) is 0 Å². The first-order valence-electron chi connectivity index (χ1n) is 5.32. The molecule has 0 aromatic heterocycles. The van der Waals surface area contributed by atoms with Crippen LogP contribution in [0.5, 0.6) is 0 Å². The molecule has 0 fully saturated rings. The molecule has 2 N–H and O–H groups in total. The van der Waals surface area contributed by atoms with E-state index in [1.165, 1.54) is 11.9 Å². The summed E-state index contributed by atoms with van der Waals surface area (Å²) in [5, 5.41) is 0. The van der Waals surface area contributed by atoms with E-state index in [1.54, 1.807) is 0 Å². The number of nitrogens with two attached hydrogens (primary N) is 1. The zero-order valence-corrected chi connectivity index (χ0v) is 9.64. The summed E-state index contributed by atoms with van der Waals surface area (Å²) in [6.07, 6.45) is -2.42. The Morgan fingerprint density at radius 2 is 1.67 bits per heavy atom. The van der Waals surface area contributed by atoms with Gasteiger partial charge in [0.15, 0.2) is 0 Å². The van der Waals surface area contributed by atoms with Gasteiger partial charge in [-0.05, 0) is 13.0 Å². The molecule has 2 nitrogen and oxygen atoms in total. The molecule has 0 aliphatic heterocycles. The molecule has 1 unspecified atom stereocenters. The third kappa shape index (κ3) is 5.37. The molecule has 0 bridgehead atoms. The SMILES string of the molecule is CCC(CC)C(CN)N(C)CC(F)(F)F. The Balaban J connectivity index is 4.38. The van der Waals surface area contributed by atoms with Crippen LogP contribution in [0.15, 0.2) is 0 Å². The third-order valence-corrected chi connectivity index (χ3v) is 2.83. The van der Waals surface area contributed by atoms with Gasteiger partial charge in [0.2, 0.25) is 0 Å². The van der Waals surface area contributed by atoms with Gasteiger partial charge in [-0.2, -0.15) is 13.2 Å². The van der Waals surface area contributed by atoms with Gasteiger partial charge in [-0.15, -0.1) is 0 Å². The van der Waals surface area contributed by atoms with Gasteiger partial charge in [0.25, 0.3) is 0 Å². The van der Waals surface area contributed by atoms with Crippen molar-refractivity contribution in [3.63, 3.8) is 0 Å². The van der Waals surface area contributed by atoms with Gasteiger partial charge in [-0.25, -0.2) is 0 Å². The van der Waals surface area contributed by atoms with Crippen LogP contribution in [0.25, 0.3) is 0 Å². The van der Waals surface area contributed by atoms with Crippen LogP contribution in [-0.4, -0.2) is 37.3 Å². The molecule has 0 aromatic rings. The maximum Gasteiger partial charge on any atom is 0.401 e. The summed E-state index contributed by atoms with van der Waals surface area (Å²) >= 11 is 0. The highest BCUT2D eigenvalue weighted by Crippen LogP contribution is 2.22. The predicted octanol–water partition coefficient (Wildman–Crippen LogP) is 2.24. The van der Waals surface area contributed by atoms with Crippen molar-refractivity contribution in [3.05, 3.63) is 0 Å². The summed E-state index contributed by atoms with van der Waals surface area (Å²) < 4.78 is 36.6. The average Bonchev–Trinajstić information content (AvgIpc) is 2.10. The van der Waals surface area contributed by atoms with Crippen molar-refractivity contribution in [2.45, 2.75) is 38.9 Å². The fourth-order valence-corrected chi connectivity index (χ4v) is 1.97. The number of nitrogens with zero attached hydrogens (tertiary/aromatic N) is 1. The predicted molar refractivity (Wildman–Crippen MR) is 55.6 cm³/mol. The van der Waals surface area contributed by atoms with Crippen molar-refractivity contribution >= 4 is 0 Å². The molecule has 0 aliphatic rings. The van der Waals surface area contributed by atoms with Gasteiger partial charge in [-0.1, -0.05) is 26.7 Å². The van der Waals surface area contributed by atoms with E-state index in [9.17, 15) is 13.2 Å². The van der Waals surface area contributed by atoms with Gasteiger partial charge < -0.3 is 5.73 Å². The molecule has 0 spiro atoms. The lowest BCUT2D eigenvalue weighted by molar-refractivity contribution is -0.149. The standard InChI is InChI=1S/C10H21F3N2/c1-4-8(5-2)9(6-14)15(3)7-10(11,12)13/h8-9H,4-7,14H2,1-3H3. The first-order valence-corrected chi connectivity index (χ1v) is 5.32. The molecule has 0 aliphatic carbocycles. The molecule has 15 heavy (non-hydrogen) atoms. The van der Waals surface area contributed by atoms with Crippen LogP contribution in [0.3, 0.4) is 0 Å². The van der Waals surface area contributed by atoms with Crippen molar-refractivity contribution in [1.82, 2.24) is 4.90 Å². The molecule has 0 saturated heterocycles. The highest BCUT2D eigenvalue weighted by atomic mass is 19.4. The van der Waals surface area contributed by atoms with Crippen molar-refractivity contribution in [1.29, 1.82) is 0 Å². The van der Waals surface area contributed by atoms with E-state index in [4.69, 9.17) is 5.73 Å². The monoisotopic (exact) mass is 226 g/mol. The molecule has 1 atom stereocenters. The van der Waals surface area contributed by atoms with E-state index in [0.717, 1.165) is 12.8 Å². The second kappa shape index (κ2) is 6.33. The first kappa shape index (κ1) is 14.7. The van der Waals surface area contributed by atoms with Crippen LogP contribution >= 0.6 is 0 Å². The fraction of sp³-hybridized carbons (Fsp3) is 1.00. The molecule has 92 valence electrons. The lowest BCUT2D eigenvalue weighted by Crippen LogP contribution is -2.46. The summed E-state index contributed by atoms with van der Waals surface area (Å²) in [6, 6.07) is -0.179. The molecule has 5 heteroatoms. The van der Waals surface area contributed by atoms with Crippen molar-refractivity contribution < 1.29 is 13.2 Å². The summed E-state index contributed by atoms with van der Waals surface area (Å²) in [6.45, 7) is 3.36. The minimum Gasteiger partial charge on any atom is -0.329 e. The van der Waals surface area contributed by atoms with Crippen molar-refractivity contribution in [2.24, 2.45) is 11.7 Å². The quantitative estimate of drug-likeness (QED) is 0.752. The Kier molecular flexibility index (Phi) is 6.20. The average molecular weight is 226 g/mol. The maximum absolute atomic E-state index is 12.2. The van der Waals surface area contributed by atoms with Crippen LogP contribution in [0, 0.1) is 5.92 Å². The highest BCUT2D eigenvalue weighted by Gasteiger charge is 2.33. The summed E-state index contributed by atoms with van der Waals surface area (Å²) in [5.74, 6) is 0.238. The van der Waals surface area contributed by atoms with Crippen LogP contribution in [0.1, 0.15) is 26.7 Å². The molecule has 0 saturated carbocycles. The van der Waals surface area contributed by atoms with Crippen molar-refractivity contribution in [3.8, 4) is 0 Å². The third-order valence-electron chi connectivity index (χ3n) is 2.83. The molecule has 0 rings (SSSR count). The fourth-order valence-electron chi connectivity index (χ4n) is 1.97. The summed E-state index contributed by atoms with van der Waals surface area (Å²) in [5.41, 5.74) is 5.54. The van der Waals surface area contributed by atoms with Crippen LogP contribution in [-0.2, 0) is 0 Å². The minimum atomic E-state index is -4.14. The number of halogens is 3. The van der Waals surface area contributed by atoms with Gasteiger partial charge in [0.05, 0.1) is 6.54 Å². The van der Waals surface area contributed by atoms with Crippen LogP contribution < -0.4 is 5.73 Å². The number of hydrogen-bond donors (Lipinski definition) is 1. The van der Waals surface area contributed by atoms with Crippen molar-refractivity contribution in [2.75, 3.05) is 20.1 Å². The number of alkyl halides is 3. The van der Waals surface area contributed by atoms with Crippen LogP contribution in [0.4, 0.5) is 13.2 Å². The molecular formula is C10H21F3N2. The zero-order chi connectivity index (χ0) is 12.1. The Labute approximate surface area is 89.6 Å². The van der Waals surface area contributed by atoms with Gasteiger partial charge in [0, 0.05) is 12.6 Å². The van der Waals surface area contributed by atoms with E-state index in [0.29, 0.717) is 0 Å². The molecule has 0 radical (unpaired) electrons. The molecule has 0 heterocycles. The van der Waals surface area contributed by atoms with E-state index >= 15 is 0 Å². The first-order chi connectivity index (χ1) is 6.85. The van der Waals surface area contributed by atoms with E-state index in [2.05, 4.69) is 0 Å². The lowest BCUT2D eigenvalue weighted by atomic mass is 9.93. The van der Waals surface area contributed by atoms with E-state index in [1.807, 2.05) is 13.8 Å².